The molecule has 2 aromatic carbocycles. The van der Waals surface area contributed by atoms with Crippen LogP contribution in [0, 0.1) is 11.6 Å². The molecule has 0 radical (unpaired) electrons. The van der Waals surface area contributed by atoms with Gasteiger partial charge in [0.25, 0.3) is 5.91 Å². The van der Waals surface area contributed by atoms with Gasteiger partial charge in [-0.25, -0.2) is 23.4 Å². The molecule has 0 bridgehead atoms. The van der Waals surface area contributed by atoms with Crippen LogP contribution < -0.4 is 32.6 Å². The van der Waals surface area contributed by atoms with E-state index >= 15 is 0 Å². The Bertz CT molecular complexity index is 1360. The van der Waals surface area contributed by atoms with Crippen molar-refractivity contribution in [2.24, 2.45) is 17.2 Å². The van der Waals surface area contributed by atoms with Crippen LogP contribution in [0.1, 0.15) is 34.8 Å². The van der Waals surface area contributed by atoms with Crippen molar-refractivity contribution in [3.8, 4) is 17.0 Å². The van der Waals surface area contributed by atoms with Gasteiger partial charge < -0.3 is 37.0 Å². The number of oxazole rings is 1. The number of nitrogens with one attached hydrogen (secondary N) is 2. The number of amides is 5. The van der Waals surface area contributed by atoms with Crippen LogP contribution in [-0.2, 0) is 6.18 Å². The zero-order valence-corrected chi connectivity index (χ0v) is 22.0. The van der Waals surface area contributed by atoms with E-state index in [2.05, 4.69) is 43.0 Å². The first-order valence-corrected chi connectivity index (χ1v) is 11.8. The van der Waals surface area contributed by atoms with Gasteiger partial charge in [-0.15, -0.1) is 0 Å². The zero-order valence-electron chi connectivity index (χ0n) is 20.4. The van der Waals surface area contributed by atoms with E-state index in [9.17, 15) is 31.5 Å². The molecular weight excluding hydrogens is 615 g/mol. The van der Waals surface area contributed by atoms with Crippen molar-refractivity contribution in [3.05, 3.63) is 69.7 Å². The number of nitrogens with two attached hydrogens (primary N) is 3. The number of alkyl halides is 3. The Kier molecular flexibility index (Phi) is 10.8. The predicted octanol–water partition coefficient (Wildman–Crippen LogP) is 3.96. The third kappa shape index (κ3) is 8.55. The number of hydrogen-bond donors (Lipinski definition) is 5. The minimum atomic E-state index is -4.53. The Morgan fingerprint density at radius 2 is 1.65 bits per heavy atom. The van der Waals surface area contributed by atoms with E-state index in [1.165, 1.54) is 12.1 Å². The molecule has 40 heavy (non-hydrogen) atoms. The number of halogens is 6. The maximum atomic E-state index is 14.7. The van der Waals surface area contributed by atoms with Crippen LogP contribution in [0.15, 0.2) is 45.5 Å². The summed E-state index contributed by atoms with van der Waals surface area (Å²) in [7, 11) is 0. The Morgan fingerprint density at radius 3 is 2.17 bits per heavy atom. The van der Waals surface area contributed by atoms with Crippen LogP contribution in [0.5, 0.6) is 5.75 Å². The highest BCUT2D eigenvalue weighted by atomic mass is 79.9. The van der Waals surface area contributed by atoms with Crippen LogP contribution >= 0.6 is 15.9 Å². The molecule has 0 aliphatic carbocycles. The van der Waals surface area contributed by atoms with Crippen molar-refractivity contribution in [1.82, 2.24) is 15.6 Å². The lowest BCUT2D eigenvalue weighted by molar-refractivity contribution is -0.137. The highest BCUT2D eigenvalue weighted by Crippen LogP contribution is 2.35. The SMILES string of the molecule is CCNC(=O)NCC(Oc1ccc(F)c(C(N)=O)c1F)c1nc(-c2ccc(C(F)(F)F)cc2)c(Br)o1.NC(N)=O. The monoisotopic (exact) mass is 636 g/mol. The molecule has 8 N–H and O–H groups in total. The van der Waals surface area contributed by atoms with E-state index in [1.54, 1.807) is 6.92 Å². The Hall–Kier alpha value is -4.41. The first kappa shape index (κ1) is 31.8. The van der Waals surface area contributed by atoms with Gasteiger partial charge in [0.2, 0.25) is 5.89 Å². The molecule has 11 nitrogen and oxygen atoms in total. The van der Waals surface area contributed by atoms with E-state index in [0.717, 1.165) is 24.3 Å². The second-order valence-electron chi connectivity index (χ2n) is 7.60. The smallest absolute Gasteiger partial charge is 0.416 e. The molecule has 1 unspecified atom stereocenters. The molecule has 0 saturated carbocycles. The number of nitrogens with zero attached hydrogens (tertiary/aromatic N) is 1. The minimum absolute atomic E-state index is 0.0151. The van der Waals surface area contributed by atoms with Crippen molar-refractivity contribution < 1.29 is 45.5 Å². The fourth-order valence-electron chi connectivity index (χ4n) is 3.04. The lowest BCUT2D eigenvalue weighted by Gasteiger charge is -2.18. The number of hydrogen-bond acceptors (Lipinski definition) is 6. The third-order valence-corrected chi connectivity index (χ3v) is 5.26. The van der Waals surface area contributed by atoms with Crippen molar-refractivity contribution in [2.45, 2.75) is 19.2 Å². The molecule has 3 aromatic rings. The number of rotatable bonds is 8. The van der Waals surface area contributed by atoms with Gasteiger partial charge in [0.15, 0.2) is 22.3 Å². The molecule has 216 valence electrons. The van der Waals surface area contributed by atoms with Gasteiger partial charge in [-0.2, -0.15) is 13.2 Å². The average Bonchev–Trinajstić information content (AvgIpc) is 3.23. The molecule has 5 amide bonds. The number of aromatic nitrogens is 1. The summed E-state index contributed by atoms with van der Waals surface area (Å²) in [6.45, 7) is 1.65. The number of carbonyl (C=O) groups is 3. The van der Waals surface area contributed by atoms with Gasteiger partial charge in [-0.1, -0.05) is 12.1 Å². The summed E-state index contributed by atoms with van der Waals surface area (Å²) in [6, 6.07) is 4.32. The quantitative estimate of drug-likeness (QED) is 0.233. The molecule has 3 rings (SSSR count). The number of primary amides is 3. The fourth-order valence-corrected chi connectivity index (χ4v) is 3.52. The molecule has 17 heteroatoms. The topological polar surface area (TPSA) is 189 Å². The zero-order chi connectivity index (χ0) is 30.2. The number of benzene rings is 2. The molecule has 0 fully saturated rings. The Balaban J connectivity index is 0.00000131. The summed E-state index contributed by atoms with van der Waals surface area (Å²) in [6.07, 6.45) is -5.84. The van der Waals surface area contributed by atoms with Gasteiger partial charge in [-0.05, 0) is 47.1 Å². The molecule has 0 saturated heterocycles. The highest BCUT2D eigenvalue weighted by molar-refractivity contribution is 9.10. The van der Waals surface area contributed by atoms with Crippen LogP contribution in [0.2, 0.25) is 0 Å². The summed E-state index contributed by atoms with van der Waals surface area (Å²) in [5.74, 6) is -4.74. The molecular formula is C23H22BrF5N6O5. The first-order valence-electron chi connectivity index (χ1n) is 11.0. The maximum absolute atomic E-state index is 14.7. The van der Waals surface area contributed by atoms with Gasteiger partial charge in [0.1, 0.15) is 17.1 Å². The van der Waals surface area contributed by atoms with Gasteiger partial charge in [0.05, 0.1) is 12.1 Å². The van der Waals surface area contributed by atoms with Crippen LogP contribution in [0.3, 0.4) is 0 Å². The second kappa shape index (κ2) is 13.6. The number of carbonyl (C=O) groups excluding carboxylic acids is 3. The Morgan fingerprint density at radius 1 is 1.05 bits per heavy atom. The maximum Gasteiger partial charge on any atom is 0.416 e. The van der Waals surface area contributed by atoms with Gasteiger partial charge >= 0.3 is 18.2 Å². The lowest BCUT2D eigenvalue weighted by Crippen LogP contribution is -2.38. The number of ether oxygens (including phenoxy) is 1. The molecule has 0 spiro atoms. The summed E-state index contributed by atoms with van der Waals surface area (Å²) in [5.41, 5.74) is 12.0. The largest absolute Gasteiger partial charge is 0.476 e. The summed E-state index contributed by atoms with van der Waals surface area (Å²) >= 11 is 3.13. The second-order valence-corrected chi connectivity index (χ2v) is 8.32. The van der Waals surface area contributed by atoms with E-state index in [0.29, 0.717) is 6.54 Å². The Labute approximate surface area is 231 Å². The molecule has 0 aliphatic heterocycles. The summed E-state index contributed by atoms with van der Waals surface area (Å²) in [4.78, 5) is 36.5. The summed E-state index contributed by atoms with van der Waals surface area (Å²) in [5, 5.41) is 4.94. The van der Waals surface area contributed by atoms with Gasteiger partial charge in [0, 0.05) is 12.1 Å². The van der Waals surface area contributed by atoms with Crippen LogP contribution in [0.25, 0.3) is 11.3 Å². The lowest BCUT2D eigenvalue weighted by atomic mass is 10.1. The van der Waals surface area contributed by atoms with Crippen LogP contribution in [0.4, 0.5) is 31.5 Å². The van der Waals surface area contributed by atoms with Crippen molar-refractivity contribution >= 4 is 33.9 Å². The van der Waals surface area contributed by atoms with Crippen LogP contribution in [-0.4, -0.2) is 36.0 Å². The molecule has 1 atom stereocenters. The van der Waals surface area contributed by atoms with E-state index < -0.39 is 58.8 Å². The van der Waals surface area contributed by atoms with Gasteiger partial charge in [-0.3, -0.25) is 4.79 Å². The standard InChI is InChI=1S/C22H18BrF5N4O4.CH4N2O/c1-2-30-21(34)31-9-14(35-13-8-7-12(24)15(16(13)25)19(29)33)20-32-17(18(23)36-20)10-3-5-11(6-4-10)22(26,27)28;2-1(3)4/h3-8,14H,2,9H2,1H3,(H2,29,33)(H2,30,31,34);(H4,2,3,4). The van der Waals surface area contributed by atoms with Crippen molar-refractivity contribution in [3.63, 3.8) is 0 Å². The highest BCUT2D eigenvalue weighted by Gasteiger charge is 2.31. The van der Waals surface area contributed by atoms with E-state index in [4.69, 9.17) is 19.7 Å². The first-order chi connectivity index (χ1) is 18.6. The minimum Gasteiger partial charge on any atom is -0.476 e. The number of urea groups is 2. The fraction of sp³-hybridized carbons (Fsp3) is 0.217. The van der Waals surface area contributed by atoms with Crippen molar-refractivity contribution in [2.75, 3.05) is 13.1 Å². The van der Waals surface area contributed by atoms with E-state index in [1.807, 2.05) is 0 Å². The molecule has 0 aliphatic rings. The normalized spacial score (nSPS) is 11.6. The molecule has 1 heterocycles. The molecule has 1 aromatic heterocycles. The van der Waals surface area contributed by atoms with E-state index in [-0.39, 0.29) is 28.4 Å². The third-order valence-electron chi connectivity index (χ3n) is 4.72. The summed E-state index contributed by atoms with van der Waals surface area (Å²) < 4.78 is 78.3. The predicted molar refractivity (Wildman–Crippen MR) is 134 cm³/mol. The average molecular weight is 637 g/mol. The van der Waals surface area contributed by atoms with Crippen molar-refractivity contribution in [1.29, 1.82) is 0 Å².